The average molecular weight is 336 g/mol. The zero-order valence-corrected chi connectivity index (χ0v) is 13.8. The summed E-state index contributed by atoms with van der Waals surface area (Å²) in [5, 5.41) is 2.56. The highest BCUT2D eigenvalue weighted by Gasteiger charge is 2.19. The van der Waals surface area contributed by atoms with Gasteiger partial charge < -0.3 is 14.8 Å². The minimum Gasteiger partial charge on any atom is -0.488 e. The van der Waals surface area contributed by atoms with Crippen LogP contribution in [-0.2, 0) is 10.6 Å². The number of amides is 1. The van der Waals surface area contributed by atoms with Gasteiger partial charge in [-0.25, -0.2) is 13.6 Å². The summed E-state index contributed by atoms with van der Waals surface area (Å²) in [6, 6.07) is 1.40. The second kappa shape index (κ2) is 7.63. The molecule has 1 amide bonds. The molecule has 0 unspecified atom stereocenters. The third kappa shape index (κ3) is 6.05. The summed E-state index contributed by atoms with van der Waals surface area (Å²) < 4.78 is 37.2. The summed E-state index contributed by atoms with van der Waals surface area (Å²) in [5.41, 5.74) is -0.400. The van der Waals surface area contributed by atoms with Gasteiger partial charge in [0.2, 0.25) is 0 Å². The molecule has 0 radical (unpaired) electrons. The van der Waals surface area contributed by atoms with Crippen molar-refractivity contribution in [2.45, 2.75) is 45.2 Å². The van der Waals surface area contributed by atoms with E-state index in [9.17, 15) is 13.6 Å². The Bertz CT molecular complexity index is 532. The monoisotopic (exact) mass is 335 g/mol. The first-order valence-electron chi connectivity index (χ1n) is 6.78. The van der Waals surface area contributed by atoms with Crippen LogP contribution in [0.5, 0.6) is 5.75 Å². The number of hydrogen-bond donors (Lipinski definition) is 1. The van der Waals surface area contributed by atoms with Gasteiger partial charge in [-0.2, -0.15) is 0 Å². The molecule has 4 nitrogen and oxygen atoms in total. The molecule has 1 N–H and O–H groups in total. The fraction of sp³-hybridized carbons (Fsp3) is 0.533. The van der Waals surface area contributed by atoms with Crippen molar-refractivity contribution in [2.24, 2.45) is 0 Å². The van der Waals surface area contributed by atoms with Crippen LogP contribution in [0.25, 0.3) is 0 Å². The van der Waals surface area contributed by atoms with Gasteiger partial charge in [-0.05, 0) is 33.8 Å². The molecule has 0 aliphatic heterocycles. The minimum absolute atomic E-state index is 0.00825. The quantitative estimate of drug-likeness (QED) is 0.827. The lowest BCUT2D eigenvalue weighted by molar-refractivity contribution is 0.0493. The first kappa shape index (κ1) is 18.5. The van der Waals surface area contributed by atoms with Crippen molar-refractivity contribution >= 4 is 17.7 Å². The van der Waals surface area contributed by atoms with Crippen LogP contribution in [0.2, 0.25) is 0 Å². The van der Waals surface area contributed by atoms with Gasteiger partial charge in [-0.3, -0.25) is 0 Å². The van der Waals surface area contributed by atoms with Crippen molar-refractivity contribution in [1.29, 1.82) is 0 Å². The molecule has 0 saturated carbocycles. The first-order chi connectivity index (χ1) is 10.1. The Hall–Kier alpha value is -1.56. The van der Waals surface area contributed by atoms with Gasteiger partial charge in [0.1, 0.15) is 18.0 Å². The number of ether oxygens (including phenoxy) is 2. The van der Waals surface area contributed by atoms with E-state index in [1.807, 2.05) is 0 Å². The second-order valence-electron chi connectivity index (χ2n) is 5.87. The van der Waals surface area contributed by atoms with Crippen molar-refractivity contribution in [3.63, 3.8) is 0 Å². The number of halogens is 3. The Balaban J connectivity index is 2.61. The Labute approximate surface area is 133 Å². The van der Waals surface area contributed by atoms with Crippen molar-refractivity contribution in [3.8, 4) is 5.75 Å². The third-order valence-electron chi connectivity index (χ3n) is 2.47. The molecule has 0 spiro atoms. The smallest absolute Gasteiger partial charge is 0.407 e. The Kier molecular flexibility index (Phi) is 6.41. The molecular formula is C15H20ClF2NO3. The predicted molar refractivity (Wildman–Crippen MR) is 80.2 cm³/mol. The summed E-state index contributed by atoms with van der Waals surface area (Å²) in [6.07, 6.45) is -0.597. The SMILES string of the molecule is C[C@H](COc1c(F)cc(F)cc1CCl)NC(=O)OC(C)(C)C. The molecule has 1 rings (SSSR count). The molecule has 7 heteroatoms. The number of alkyl halides is 1. The molecule has 0 heterocycles. The number of benzene rings is 1. The van der Waals surface area contributed by atoms with E-state index in [-0.39, 0.29) is 23.8 Å². The van der Waals surface area contributed by atoms with Crippen LogP contribution in [0.15, 0.2) is 12.1 Å². The average Bonchev–Trinajstić information content (AvgIpc) is 2.34. The predicted octanol–water partition coefficient (Wildman–Crippen LogP) is 4.00. The highest BCUT2D eigenvalue weighted by atomic mass is 35.5. The highest BCUT2D eigenvalue weighted by molar-refractivity contribution is 6.17. The molecule has 1 aromatic rings. The number of carbonyl (C=O) groups excluding carboxylic acids is 1. The summed E-state index contributed by atoms with van der Waals surface area (Å²) in [6.45, 7) is 6.90. The molecule has 0 aliphatic rings. The van der Waals surface area contributed by atoms with Gasteiger partial charge in [0.15, 0.2) is 11.6 Å². The van der Waals surface area contributed by atoms with Crippen LogP contribution in [0.4, 0.5) is 13.6 Å². The lowest BCUT2D eigenvalue weighted by atomic mass is 10.2. The van der Waals surface area contributed by atoms with Crippen LogP contribution in [-0.4, -0.2) is 24.3 Å². The lowest BCUT2D eigenvalue weighted by Crippen LogP contribution is -2.40. The fourth-order valence-corrected chi connectivity index (χ4v) is 1.83. The summed E-state index contributed by atoms with van der Waals surface area (Å²) in [4.78, 5) is 11.6. The molecule has 22 heavy (non-hydrogen) atoms. The highest BCUT2D eigenvalue weighted by Crippen LogP contribution is 2.26. The van der Waals surface area contributed by atoms with E-state index in [1.54, 1.807) is 27.7 Å². The number of alkyl carbamates (subject to hydrolysis) is 1. The molecule has 1 atom stereocenters. The van der Waals surface area contributed by atoms with E-state index in [0.29, 0.717) is 0 Å². The number of rotatable bonds is 5. The van der Waals surface area contributed by atoms with Crippen molar-refractivity contribution in [1.82, 2.24) is 5.32 Å². The van der Waals surface area contributed by atoms with Crippen LogP contribution in [0.3, 0.4) is 0 Å². The Morgan fingerprint density at radius 3 is 2.55 bits per heavy atom. The van der Waals surface area contributed by atoms with E-state index in [1.165, 1.54) is 0 Å². The maximum absolute atomic E-state index is 13.7. The van der Waals surface area contributed by atoms with E-state index in [0.717, 1.165) is 12.1 Å². The molecule has 0 bridgehead atoms. The maximum atomic E-state index is 13.7. The summed E-state index contributed by atoms with van der Waals surface area (Å²) in [5.74, 6) is -1.76. The molecule has 124 valence electrons. The number of carbonyl (C=O) groups is 1. The number of nitrogens with one attached hydrogen (secondary N) is 1. The van der Waals surface area contributed by atoms with Gasteiger partial charge >= 0.3 is 6.09 Å². The second-order valence-corrected chi connectivity index (χ2v) is 6.14. The van der Waals surface area contributed by atoms with E-state index in [2.05, 4.69) is 5.32 Å². The standard InChI is InChI=1S/C15H20ClF2NO3/c1-9(19-14(20)22-15(2,3)4)8-21-13-10(7-16)5-11(17)6-12(13)18/h5-6,9H,7-8H2,1-4H3,(H,19,20)/t9-/m1/s1. The molecule has 0 aromatic heterocycles. The van der Waals surface area contributed by atoms with Crippen LogP contribution in [0.1, 0.15) is 33.3 Å². The molecule has 1 aromatic carbocycles. The van der Waals surface area contributed by atoms with Crippen molar-refractivity contribution in [2.75, 3.05) is 6.61 Å². The van der Waals surface area contributed by atoms with Gasteiger partial charge in [0.05, 0.1) is 11.9 Å². The van der Waals surface area contributed by atoms with Crippen LogP contribution < -0.4 is 10.1 Å². The topological polar surface area (TPSA) is 47.6 Å². The van der Waals surface area contributed by atoms with E-state index in [4.69, 9.17) is 21.1 Å². The van der Waals surface area contributed by atoms with E-state index >= 15 is 0 Å². The van der Waals surface area contributed by atoms with Crippen molar-refractivity contribution in [3.05, 3.63) is 29.3 Å². The fourth-order valence-electron chi connectivity index (χ4n) is 1.63. The normalized spacial score (nSPS) is 12.7. The van der Waals surface area contributed by atoms with Gasteiger partial charge in [0, 0.05) is 11.6 Å². The molecule has 0 aliphatic carbocycles. The van der Waals surface area contributed by atoms with Crippen LogP contribution in [0, 0.1) is 11.6 Å². The van der Waals surface area contributed by atoms with Gasteiger partial charge in [0.25, 0.3) is 0 Å². The van der Waals surface area contributed by atoms with E-state index < -0.39 is 29.4 Å². The third-order valence-corrected chi connectivity index (χ3v) is 2.76. The zero-order chi connectivity index (χ0) is 16.9. The Morgan fingerprint density at radius 1 is 1.36 bits per heavy atom. The maximum Gasteiger partial charge on any atom is 0.407 e. The molecular weight excluding hydrogens is 316 g/mol. The molecule has 0 saturated heterocycles. The first-order valence-corrected chi connectivity index (χ1v) is 7.32. The Morgan fingerprint density at radius 2 is 2.00 bits per heavy atom. The lowest BCUT2D eigenvalue weighted by Gasteiger charge is -2.22. The summed E-state index contributed by atoms with van der Waals surface area (Å²) >= 11 is 5.65. The van der Waals surface area contributed by atoms with Gasteiger partial charge in [-0.15, -0.1) is 11.6 Å². The van der Waals surface area contributed by atoms with Gasteiger partial charge in [-0.1, -0.05) is 0 Å². The number of hydrogen-bond acceptors (Lipinski definition) is 3. The zero-order valence-electron chi connectivity index (χ0n) is 13.0. The van der Waals surface area contributed by atoms with Crippen molar-refractivity contribution < 1.29 is 23.0 Å². The summed E-state index contributed by atoms with van der Waals surface area (Å²) in [7, 11) is 0. The largest absolute Gasteiger partial charge is 0.488 e. The minimum atomic E-state index is -0.833. The molecule has 0 fully saturated rings. The van der Waals surface area contributed by atoms with Crippen LogP contribution >= 0.6 is 11.6 Å².